The molecule has 0 bridgehead atoms. The average Bonchev–Trinajstić information content (AvgIpc) is 2.63. The minimum Gasteiger partial charge on any atom is -0.465 e. The zero-order valence-electron chi connectivity index (χ0n) is 16.1. The maximum atomic E-state index is 12.0. The summed E-state index contributed by atoms with van der Waals surface area (Å²) in [5.41, 5.74) is 4.21. The molecule has 2 amide bonds. The molecular formula is C19H26ClN3O4. The Morgan fingerprint density at radius 2 is 1.85 bits per heavy atom. The monoisotopic (exact) mass is 395 g/mol. The van der Waals surface area contributed by atoms with Crippen LogP contribution in [0.25, 0.3) is 0 Å². The molecule has 0 aliphatic rings. The van der Waals surface area contributed by atoms with E-state index in [0.717, 1.165) is 5.56 Å². The topological polar surface area (TPSA) is 96.9 Å². The Kier molecular flexibility index (Phi) is 9.50. The van der Waals surface area contributed by atoms with Crippen molar-refractivity contribution in [2.45, 2.75) is 47.0 Å². The summed E-state index contributed by atoms with van der Waals surface area (Å²) < 4.78 is 4.98. The van der Waals surface area contributed by atoms with Gasteiger partial charge in [-0.1, -0.05) is 24.6 Å². The zero-order valence-corrected chi connectivity index (χ0v) is 16.9. The lowest BCUT2D eigenvalue weighted by atomic mass is 10.0. The first kappa shape index (κ1) is 22.6. The summed E-state index contributed by atoms with van der Waals surface area (Å²) in [5, 5.41) is 7.24. The highest BCUT2D eigenvalue weighted by Crippen LogP contribution is 2.23. The van der Waals surface area contributed by atoms with Crippen LogP contribution in [-0.2, 0) is 19.1 Å². The van der Waals surface area contributed by atoms with Crippen LogP contribution in [0.15, 0.2) is 23.3 Å². The highest BCUT2D eigenvalue weighted by Gasteiger charge is 2.21. The van der Waals surface area contributed by atoms with Crippen molar-refractivity contribution in [2.24, 2.45) is 11.0 Å². The van der Waals surface area contributed by atoms with Crippen LogP contribution in [0.1, 0.15) is 45.6 Å². The van der Waals surface area contributed by atoms with Crippen molar-refractivity contribution in [2.75, 3.05) is 11.9 Å². The Labute approximate surface area is 164 Å². The van der Waals surface area contributed by atoms with Gasteiger partial charge >= 0.3 is 5.97 Å². The Balaban J connectivity index is 2.51. The van der Waals surface area contributed by atoms with E-state index < -0.39 is 11.8 Å². The van der Waals surface area contributed by atoms with E-state index in [1.807, 2.05) is 6.92 Å². The molecule has 0 saturated heterocycles. The fourth-order valence-corrected chi connectivity index (χ4v) is 2.52. The van der Waals surface area contributed by atoms with Gasteiger partial charge in [0.2, 0.25) is 11.8 Å². The number of hydrazone groups is 1. The van der Waals surface area contributed by atoms with E-state index >= 15 is 0 Å². The molecule has 148 valence electrons. The lowest BCUT2D eigenvalue weighted by Gasteiger charge is -2.13. The van der Waals surface area contributed by atoms with E-state index in [0.29, 0.717) is 22.8 Å². The van der Waals surface area contributed by atoms with E-state index in [9.17, 15) is 14.4 Å². The molecular weight excluding hydrogens is 370 g/mol. The number of ether oxygens (including phenoxy) is 1. The summed E-state index contributed by atoms with van der Waals surface area (Å²) in [4.78, 5) is 35.7. The second kappa shape index (κ2) is 11.3. The second-order valence-corrected chi connectivity index (χ2v) is 6.37. The van der Waals surface area contributed by atoms with Gasteiger partial charge in [0, 0.05) is 29.3 Å². The van der Waals surface area contributed by atoms with Crippen molar-refractivity contribution in [1.29, 1.82) is 0 Å². The summed E-state index contributed by atoms with van der Waals surface area (Å²) in [5.74, 6) is -1.58. The van der Waals surface area contributed by atoms with Crippen LogP contribution in [-0.4, -0.2) is 30.1 Å². The summed E-state index contributed by atoms with van der Waals surface area (Å²) >= 11 is 6.01. The van der Waals surface area contributed by atoms with Crippen molar-refractivity contribution in [3.05, 3.63) is 28.8 Å². The molecule has 0 spiro atoms. The molecule has 0 aromatic heterocycles. The maximum absolute atomic E-state index is 12.0. The predicted molar refractivity (Wildman–Crippen MR) is 106 cm³/mol. The van der Waals surface area contributed by atoms with Gasteiger partial charge in [0.15, 0.2) is 0 Å². The third-order valence-corrected chi connectivity index (χ3v) is 4.37. The van der Waals surface area contributed by atoms with Crippen LogP contribution in [0.3, 0.4) is 0 Å². The molecule has 7 nitrogen and oxygen atoms in total. The number of halogens is 1. The fraction of sp³-hybridized carbons (Fsp3) is 0.474. The Morgan fingerprint density at radius 3 is 2.48 bits per heavy atom. The molecule has 1 aromatic carbocycles. The fourth-order valence-electron chi connectivity index (χ4n) is 2.34. The first-order chi connectivity index (χ1) is 12.8. The number of nitrogens with zero attached hydrogens (tertiary/aromatic N) is 1. The Hall–Kier alpha value is -2.41. The van der Waals surface area contributed by atoms with Gasteiger partial charge in [0.1, 0.15) is 0 Å². The molecule has 0 heterocycles. The zero-order chi connectivity index (χ0) is 20.4. The number of amides is 2. The summed E-state index contributed by atoms with van der Waals surface area (Å²) in [7, 11) is 0. The van der Waals surface area contributed by atoms with E-state index in [-0.39, 0.29) is 31.3 Å². The standard InChI is InChI=1S/C19H26ClN3O4/c1-5-14(19(26)27-6-2)13(4)22-23-18(25)11-10-17(24)21-16-9-7-8-15(20)12(16)3/h7-9,14H,5-6,10-11H2,1-4H3,(H,21,24)(H,23,25)/b22-13-/t14-/m1/s1. The van der Waals surface area contributed by atoms with Crippen molar-refractivity contribution in [3.63, 3.8) is 0 Å². The van der Waals surface area contributed by atoms with Crippen molar-refractivity contribution in [3.8, 4) is 0 Å². The molecule has 0 fully saturated rings. The number of benzene rings is 1. The Bertz CT molecular complexity index is 719. The van der Waals surface area contributed by atoms with E-state index in [1.54, 1.807) is 39.0 Å². The maximum Gasteiger partial charge on any atom is 0.314 e. The number of anilines is 1. The third kappa shape index (κ3) is 7.38. The Morgan fingerprint density at radius 1 is 1.19 bits per heavy atom. The lowest BCUT2D eigenvalue weighted by Crippen LogP contribution is -2.27. The van der Waals surface area contributed by atoms with Gasteiger partial charge in [-0.25, -0.2) is 5.43 Å². The van der Waals surface area contributed by atoms with E-state index in [4.69, 9.17) is 16.3 Å². The molecule has 2 N–H and O–H groups in total. The molecule has 0 saturated carbocycles. The first-order valence-corrected chi connectivity index (χ1v) is 9.22. The number of hydrogen-bond donors (Lipinski definition) is 2. The van der Waals surface area contributed by atoms with Crippen LogP contribution in [0.5, 0.6) is 0 Å². The molecule has 0 aliphatic heterocycles. The van der Waals surface area contributed by atoms with Gasteiger partial charge in [-0.2, -0.15) is 5.10 Å². The van der Waals surface area contributed by atoms with Crippen LogP contribution in [0.4, 0.5) is 5.69 Å². The molecule has 1 atom stereocenters. The number of hydrogen-bond acceptors (Lipinski definition) is 5. The third-order valence-electron chi connectivity index (χ3n) is 3.96. The van der Waals surface area contributed by atoms with E-state index in [1.165, 1.54) is 0 Å². The van der Waals surface area contributed by atoms with Crippen molar-refractivity contribution in [1.82, 2.24) is 5.43 Å². The van der Waals surface area contributed by atoms with Gasteiger partial charge < -0.3 is 10.1 Å². The number of carbonyl (C=O) groups excluding carboxylic acids is 3. The lowest BCUT2D eigenvalue weighted by molar-refractivity contribution is -0.145. The summed E-state index contributed by atoms with van der Waals surface area (Å²) in [6, 6.07) is 5.22. The minimum atomic E-state index is -0.501. The first-order valence-electron chi connectivity index (χ1n) is 8.84. The number of esters is 1. The normalized spacial score (nSPS) is 12.3. The molecule has 27 heavy (non-hydrogen) atoms. The van der Waals surface area contributed by atoms with Crippen LogP contribution in [0.2, 0.25) is 5.02 Å². The van der Waals surface area contributed by atoms with Crippen LogP contribution in [0, 0.1) is 12.8 Å². The van der Waals surface area contributed by atoms with Crippen LogP contribution < -0.4 is 10.7 Å². The molecule has 1 aromatic rings. The van der Waals surface area contributed by atoms with Gasteiger partial charge in [-0.15, -0.1) is 0 Å². The van der Waals surface area contributed by atoms with Gasteiger partial charge in [0.25, 0.3) is 0 Å². The number of carbonyl (C=O) groups is 3. The molecule has 0 unspecified atom stereocenters. The molecule has 8 heteroatoms. The smallest absolute Gasteiger partial charge is 0.314 e. The molecule has 0 aliphatic carbocycles. The molecule has 0 radical (unpaired) electrons. The minimum absolute atomic E-state index is 0.00143. The van der Waals surface area contributed by atoms with Gasteiger partial charge in [-0.05, 0) is 44.9 Å². The number of rotatable bonds is 9. The van der Waals surface area contributed by atoms with Crippen LogP contribution >= 0.6 is 11.6 Å². The van der Waals surface area contributed by atoms with E-state index in [2.05, 4.69) is 15.8 Å². The highest BCUT2D eigenvalue weighted by atomic mass is 35.5. The average molecular weight is 396 g/mol. The van der Waals surface area contributed by atoms with Gasteiger partial charge in [0.05, 0.1) is 12.5 Å². The largest absolute Gasteiger partial charge is 0.465 e. The SMILES string of the molecule is CCOC(=O)[C@H](CC)/C(C)=N\NC(=O)CCC(=O)Nc1cccc(Cl)c1C. The van der Waals surface area contributed by atoms with Gasteiger partial charge in [-0.3, -0.25) is 14.4 Å². The summed E-state index contributed by atoms with van der Waals surface area (Å²) in [6.45, 7) is 7.31. The summed E-state index contributed by atoms with van der Waals surface area (Å²) in [6.07, 6.45) is 0.491. The quantitative estimate of drug-likeness (QED) is 0.380. The molecule has 1 rings (SSSR count). The second-order valence-electron chi connectivity index (χ2n) is 5.96. The highest BCUT2D eigenvalue weighted by molar-refractivity contribution is 6.31. The number of nitrogens with one attached hydrogen (secondary N) is 2. The predicted octanol–water partition coefficient (Wildman–Crippen LogP) is 3.45. The van der Waals surface area contributed by atoms with Crippen molar-refractivity contribution < 1.29 is 19.1 Å². The van der Waals surface area contributed by atoms with Crippen molar-refractivity contribution >= 4 is 40.8 Å².